The van der Waals surface area contributed by atoms with Crippen LogP contribution in [-0.2, 0) is 6.42 Å². The van der Waals surface area contributed by atoms with Crippen LogP contribution in [0.3, 0.4) is 0 Å². The Bertz CT molecular complexity index is 390. The first-order chi connectivity index (χ1) is 6.57. The summed E-state index contributed by atoms with van der Waals surface area (Å²) in [6, 6.07) is 1.80. The predicted molar refractivity (Wildman–Crippen MR) is 51.2 cm³/mol. The van der Waals surface area contributed by atoms with Gasteiger partial charge in [0.15, 0.2) is 0 Å². The summed E-state index contributed by atoms with van der Waals surface area (Å²) in [6.45, 7) is 0. The van der Waals surface area contributed by atoms with E-state index in [1.54, 1.807) is 6.07 Å². The molecule has 0 bridgehead atoms. The van der Waals surface area contributed by atoms with Gasteiger partial charge in [0.25, 0.3) is 6.43 Å². The molecule has 0 atom stereocenters. The number of nitriles is 1. The van der Waals surface area contributed by atoms with Crippen LogP contribution in [0.25, 0.3) is 0 Å². The van der Waals surface area contributed by atoms with Crippen molar-refractivity contribution in [2.75, 3.05) is 0 Å². The fourth-order valence-corrected chi connectivity index (χ4v) is 1.81. The van der Waals surface area contributed by atoms with Crippen LogP contribution >= 0.6 is 27.5 Å². The van der Waals surface area contributed by atoms with Gasteiger partial charge in [-0.2, -0.15) is 5.26 Å². The largest absolute Gasteiger partial charge is 0.266 e. The molecule has 0 radical (unpaired) electrons. The highest BCUT2D eigenvalue weighted by Gasteiger charge is 2.19. The lowest BCUT2D eigenvalue weighted by Gasteiger charge is -2.07. The fourth-order valence-electron chi connectivity index (χ4n) is 0.919. The molecule has 0 aliphatic heterocycles. The van der Waals surface area contributed by atoms with E-state index in [0.717, 1.165) is 0 Å². The number of alkyl halides is 2. The molecule has 0 fully saturated rings. The third-order valence-corrected chi connectivity index (χ3v) is 2.60. The fraction of sp³-hybridized carbons (Fsp3) is 0.250. The highest BCUT2D eigenvalue weighted by molar-refractivity contribution is 9.10. The molecule has 0 aliphatic rings. The zero-order chi connectivity index (χ0) is 10.7. The first-order valence-electron chi connectivity index (χ1n) is 3.55. The van der Waals surface area contributed by atoms with Gasteiger partial charge in [-0.25, -0.2) is 8.78 Å². The average Bonchev–Trinajstić information content (AvgIpc) is 2.10. The molecule has 74 valence electrons. The van der Waals surface area contributed by atoms with Gasteiger partial charge in [0.1, 0.15) is 0 Å². The SMILES string of the molecule is N#CCc1ncc(Br)c(C(F)F)c1Cl. The minimum absolute atomic E-state index is 0.0775. The molecule has 0 N–H and O–H groups in total. The van der Waals surface area contributed by atoms with E-state index in [-0.39, 0.29) is 27.2 Å². The van der Waals surface area contributed by atoms with E-state index < -0.39 is 6.43 Å². The van der Waals surface area contributed by atoms with Gasteiger partial charge in [0, 0.05) is 10.7 Å². The number of pyridine rings is 1. The van der Waals surface area contributed by atoms with E-state index in [9.17, 15) is 8.78 Å². The first kappa shape index (κ1) is 11.3. The van der Waals surface area contributed by atoms with Crippen LogP contribution in [0, 0.1) is 11.3 Å². The van der Waals surface area contributed by atoms with Crippen LogP contribution in [0.2, 0.25) is 5.02 Å². The monoisotopic (exact) mass is 280 g/mol. The van der Waals surface area contributed by atoms with Crippen molar-refractivity contribution >= 4 is 27.5 Å². The average molecular weight is 281 g/mol. The quantitative estimate of drug-likeness (QED) is 0.832. The van der Waals surface area contributed by atoms with Crippen molar-refractivity contribution in [2.24, 2.45) is 0 Å². The molecule has 14 heavy (non-hydrogen) atoms. The molecule has 1 aromatic heterocycles. The van der Waals surface area contributed by atoms with Gasteiger partial charge >= 0.3 is 0 Å². The number of halogens is 4. The number of hydrogen-bond donors (Lipinski definition) is 0. The van der Waals surface area contributed by atoms with E-state index in [1.165, 1.54) is 6.20 Å². The summed E-state index contributed by atoms with van der Waals surface area (Å²) in [5, 5.41) is 8.25. The number of hydrogen-bond acceptors (Lipinski definition) is 2. The standard InChI is InChI=1S/C8H4BrClF2N2/c9-4-3-14-5(1-2-13)7(10)6(4)8(11)12/h3,8H,1H2. The van der Waals surface area contributed by atoms with Crippen molar-refractivity contribution in [3.63, 3.8) is 0 Å². The van der Waals surface area contributed by atoms with E-state index in [0.29, 0.717) is 0 Å². The van der Waals surface area contributed by atoms with Gasteiger partial charge < -0.3 is 0 Å². The zero-order valence-electron chi connectivity index (χ0n) is 6.77. The van der Waals surface area contributed by atoms with E-state index >= 15 is 0 Å². The van der Waals surface area contributed by atoms with Gasteiger partial charge in [0.2, 0.25) is 0 Å². The van der Waals surface area contributed by atoms with Crippen molar-refractivity contribution in [1.29, 1.82) is 5.26 Å². The Labute approximate surface area is 92.6 Å². The molecule has 0 amide bonds. The summed E-state index contributed by atoms with van der Waals surface area (Å²) >= 11 is 8.59. The van der Waals surface area contributed by atoms with E-state index in [1.807, 2.05) is 0 Å². The van der Waals surface area contributed by atoms with Crippen molar-refractivity contribution in [3.05, 3.63) is 26.9 Å². The molecule has 0 aromatic carbocycles. The van der Waals surface area contributed by atoms with Crippen LogP contribution in [0.15, 0.2) is 10.7 Å². The molecule has 0 saturated heterocycles. The highest BCUT2D eigenvalue weighted by Crippen LogP contribution is 2.34. The van der Waals surface area contributed by atoms with Gasteiger partial charge in [-0.1, -0.05) is 11.6 Å². The van der Waals surface area contributed by atoms with Crippen molar-refractivity contribution in [2.45, 2.75) is 12.8 Å². The Morgan fingerprint density at radius 2 is 2.29 bits per heavy atom. The Morgan fingerprint density at radius 1 is 1.64 bits per heavy atom. The maximum absolute atomic E-state index is 12.5. The van der Waals surface area contributed by atoms with Gasteiger partial charge in [0.05, 0.1) is 28.8 Å². The number of aromatic nitrogens is 1. The molecule has 6 heteroatoms. The minimum Gasteiger partial charge on any atom is -0.257 e. The number of rotatable bonds is 2. The van der Waals surface area contributed by atoms with Gasteiger partial charge in [-0.05, 0) is 15.9 Å². The smallest absolute Gasteiger partial charge is 0.257 e. The topological polar surface area (TPSA) is 36.7 Å². The molecule has 2 nitrogen and oxygen atoms in total. The van der Waals surface area contributed by atoms with Gasteiger partial charge in [-0.3, -0.25) is 4.98 Å². The Hall–Kier alpha value is -0.730. The number of nitrogens with zero attached hydrogens (tertiary/aromatic N) is 2. The molecule has 1 rings (SSSR count). The maximum Gasteiger partial charge on any atom is 0.266 e. The molecular formula is C8H4BrClF2N2. The summed E-state index contributed by atoms with van der Waals surface area (Å²) in [7, 11) is 0. The third kappa shape index (κ3) is 2.20. The molecule has 0 spiro atoms. The maximum atomic E-state index is 12.5. The second-order valence-electron chi connectivity index (χ2n) is 2.42. The van der Waals surface area contributed by atoms with Crippen LogP contribution in [0.1, 0.15) is 17.7 Å². The van der Waals surface area contributed by atoms with Crippen LogP contribution < -0.4 is 0 Å². The molecule has 1 aromatic rings. The van der Waals surface area contributed by atoms with Crippen LogP contribution in [-0.4, -0.2) is 4.98 Å². The Balaban J connectivity index is 3.28. The molecule has 0 saturated carbocycles. The lowest BCUT2D eigenvalue weighted by molar-refractivity contribution is 0.150. The summed E-state index contributed by atoms with van der Waals surface area (Å²) in [5.74, 6) is 0. The predicted octanol–water partition coefficient (Wildman–Crippen LogP) is 3.50. The summed E-state index contributed by atoms with van der Waals surface area (Å²) < 4.78 is 25.1. The zero-order valence-corrected chi connectivity index (χ0v) is 9.11. The summed E-state index contributed by atoms with van der Waals surface area (Å²) in [4.78, 5) is 3.78. The van der Waals surface area contributed by atoms with Crippen LogP contribution in [0.4, 0.5) is 8.78 Å². The molecule has 0 unspecified atom stereocenters. The minimum atomic E-state index is -2.68. The summed E-state index contributed by atoms with van der Waals surface area (Å²) in [6.07, 6.45) is -1.54. The lowest BCUT2D eigenvalue weighted by atomic mass is 10.2. The Morgan fingerprint density at radius 3 is 2.79 bits per heavy atom. The summed E-state index contributed by atoms with van der Waals surface area (Å²) in [5.41, 5.74) is -0.139. The first-order valence-corrected chi connectivity index (χ1v) is 4.73. The van der Waals surface area contributed by atoms with Gasteiger partial charge in [-0.15, -0.1) is 0 Å². The van der Waals surface area contributed by atoms with E-state index in [2.05, 4.69) is 20.9 Å². The Kier molecular flexibility index (Phi) is 3.78. The molecular weight excluding hydrogens is 277 g/mol. The van der Waals surface area contributed by atoms with Crippen molar-refractivity contribution < 1.29 is 8.78 Å². The van der Waals surface area contributed by atoms with Crippen LogP contribution in [0.5, 0.6) is 0 Å². The third-order valence-electron chi connectivity index (χ3n) is 1.55. The second-order valence-corrected chi connectivity index (χ2v) is 3.65. The lowest BCUT2D eigenvalue weighted by Crippen LogP contribution is -1.97. The second kappa shape index (κ2) is 4.67. The molecule has 1 heterocycles. The normalized spacial score (nSPS) is 10.3. The van der Waals surface area contributed by atoms with Crippen molar-refractivity contribution in [3.8, 4) is 6.07 Å². The molecule has 0 aliphatic carbocycles. The highest BCUT2D eigenvalue weighted by atomic mass is 79.9. The van der Waals surface area contributed by atoms with E-state index in [4.69, 9.17) is 16.9 Å². The van der Waals surface area contributed by atoms with Crippen molar-refractivity contribution in [1.82, 2.24) is 4.98 Å².